The predicted octanol–water partition coefficient (Wildman–Crippen LogP) is 2.55. The highest BCUT2D eigenvalue weighted by atomic mass is 32.1. The third-order valence-corrected chi connectivity index (χ3v) is 6.22. The molecule has 1 aliphatic rings. The third-order valence-electron chi connectivity index (χ3n) is 5.04. The van der Waals surface area contributed by atoms with Gasteiger partial charge >= 0.3 is 0 Å². The number of amides is 1. The van der Waals surface area contributed by atoms with Crippen molar-refractivity contribution in [3.63, 3.8) is 0 Å². The van der Waals surface area contributed by atoms with Gasteiger partial charge in [0.1, 0.15) is 10.7 Å². The van der Waals surface area contributed by atoms with Crippen LogP contribution in [0.5, 0.6) is 0 Å². The molecule has 148 valence electrons. The van der Waals surface area contributed by atoms with Gasteiger partial charge in [-0.25, -0.2) is 4.98 Å². The quantitative estimate of drug-likeness (QED) is 0.659. The van der Waals surface area contributed by atoms with Gasteiger partial charge in [-0.15, -0.1) is 11.3 Å². The van der Waals surface area contributed by atoms with Crippen molar-refractivity contribution >= 4 is 27.5 Å². The van der Waals surface area contributed by atoms with Crippen LogP contribution in [-0.4, -0.2) is 32.1 Å². The molecule has 3 aromatic heterocycles. The first-order chi connectivity index (χ1) is 13.5. The zero-order valence-electron chi connectivity index (χ0n) is 16.1. The average molecular weight is 401 g/mol. The summed E-state index contributed by atoms with van der Waals surface area (Å²) >= 11 is 1.31. The summed E-state index contributed by atoms with van der Waals surface area (Å²) in [4.78, 5) is 35.7. The summed E-state index contributed by atoms with van der Waals surface area (Å²) in [5.74, 6) is 1.86. The number of carbonyl (C=O) groups is 1. The van der Waals surface area contributed by atoms with Crippen LogP contribution in [0.4, 0.5) is 0 Å². The lowest BCUT2D eigenvalue weighted by molar-refractivity contribution is 0.0956. The van der Waals surface area contributed by atoms with Crippen molar-refractivity contribution in [2.45, 2.75) is 58.9 Å². The first-order valence-electron chi connectivity index (χ1n) is 9.65. The van der Waals surface area contributed by atoms with Crippen LogP contribution in [0, 0.1) is 13.8 Å². The molecular weight excluding hydrogens is 378 g/mol. The van der Waals surface area contributed by atoms with Crippen LogP contribution in [0.25, 0.3) is 10.2 Å². The topological polar surface area (TPSA) is 103 Å². The second-order valence-electron chi connectivity index (χ2n) is 7.13. The van der Waals surface area contributed by atoms with Gasteiger partial charge in [-0.1, -0.05) is 11.6 Å². The Morgan fingerprint density at radius 3 is 2.89 bits per heavy atom. The van der Waals surface area contributed by atoms with Crippen molar-refractivity contribution in [3.05, 3.63) is 38.3 Å². The zero-order valence-corrected chi connectivity index (χ0v) is 16.9. The van der Waals surface area contributed by atoms with Crippen LogP contribution in [0.15, 0.2) is 9.32 Å². The lowest BCUT2D eigenvalue weighted by Gasteiger charge is -2.08. The number of carbonyl (C=O) groups excluding carboxylic acids is 1. The predicted molar refractivity (Wildman–Crippen MR) is 106 cm³/mol. The number of hydrogen-bond acceptors (Lipinski definition) is 7. The number of hydrogen-bond donors (Lipinski definition) is 1. The second kappa shape index (κ2) is 7.83. The van der Waals surface area contributed by atoms with Crippen molar-refractivity contribution in [3.8, 4) is 0 Å². The molecular formula is C19H23N5O3S. The Morgan fingerprint density at radius 2 is 2.11 bits per heavy atom. The van der Waals surface area contributed by atoms with Gasteiger partial charge in [-0.2, -0.15) is 4.98 Å². The monoisotopic (exact) mass is 401 g/mol. The molecule has 1 N–H and O–H groups in total. The van der Waals surface area contributed by atoms with Crippen molar-refractivity contribution in [2.24, 2.45) is 0 Å². The Kier molecular flexibility index (Phi) is 5.25. The molecule has 1 aliphatic heterocycles. The van der Waals surface area contributed by atoms with Crippen molar-refractivity contribution in [2.75, 3.05) is 6.54 Å². The van der Waals surface area contributed by atoms with Crippen LogP contribution < -0.4 is 10.9 Å². The maximum absolute atomic E-state index is 13.0. The third kappa shape index (κ3) is 3.58. The molecule has 0 saturated heterocycles. The first kappa shape index (κ1) is 18.8. The van der Waals surface area contributed by atoms with Gasteiger partial charge in [0.25, 0.3) is 11.5 Å². The molecule has 3 aromatic rings. The van der Waals surface area contributed by atoms with E-state index in [0.29, 0.717) is 52.7 Å². The fourth-order valence-corrected chi connectivity index (χ4v) is 4.70. The van der Waals surface area contributed by atoms with E-state index in [0.717, 1.165) is 37.1 Å². The summed E-state index contributed by atoms with van der Waals surface area (Å²) in [5, 5.41) is 7.26. The Balaban J connectivity index is 1.50. The summed E-state index contributed by atoms with van der Waals surface area (Å²) < 4.78 is 6.86. The Labute approximate surface area is 166 Å². The maximum atomic E-state index is 13.0. The van der Waals surface area contributed by atoms with Crippen LogP contribution in [-0.2, 0) is 19.4 Å². The summed E-state index contributed by atoms with van der Waals surface area (Å²) in [6.07, 6.45) is 5.30. The van der Waals surface area contributed by atoms with Gasteiger partial charge < -0.3 is 9.84 Å². The molecule has 4 rings (SSSR count). The molecule has 0 fully saturated rings. The van der Waals surface area contributed by atoms with E-state index in [1.165, 1.54) is 11.3 Å². The molecule has 0 atom stereocenters. The van der Waals surface area contributed by atoms with Crippen molar-refractivity contribution < 1.29 is 9.32 Å². The Morgan fingerprint density at radius 1 is 1.25 bits per heavy atom. The lowest BCUT2D eigenvalue weighted by Crippen LogP contribution is -2.25. The van der Waals surface area contributed by atoms with Gasteiger partial charge in [0.05, 0.1) is 10.3 Å². The lowest BCUT2D eigenvalue weighted by atomic mass is 10.2. The molecule has 9 heteroatoms. The SMILES string of the molecule is Cc1noc(CCCNC(=O)c2sc3nc4n(c(=O)c3c2C)CCCCC4)n1. The van der Waals surface area contributed by atoms with E-state index in [2.05, 4.69) is 15.5 Å². The zero-order chi connectivity index (χ0) is 19.7. The molecule has 0 radical (unpaired) electrons. The van der Waals surface area contributed by atoms with E-state index >= 15 is 0 Å². The van der Waals surface area contributed by atoms with E-state index < -0.39 is 0 Å². The fraction of sp³-hybridized carbons (Fsp3) is 0.526. The summed E-state index contributed by atoms with van der Waals surface area (Å²) in [6.45, 7) is 4.82. The van der Waals surface area contributed by atoms with Gasteiger partial charge in [-0.05, 0) is 38.7 Å². The molecule has 0 spiro atoms. The minimum Gasteiger partial charge on any atom is -0.351 e. The van der Waals surface area contributed by atoms with Crippen LogP contribution in [0.2, 0.25) is 0 Å². The molecule has 0 aliphatic carbocycles. The summed E-state index contributed by atoms with van der Waals surface area (Å²) in [5.41, 5.74) is 0.712. The molecule has 8 nitrogen and oxygen atoms in total. The number of aryl methyl sites for hydroxylation is 4. The summed E-state index contributed by atoms with van der Waals surface area (Å²) in [6, 6.07) is 0. The van der Waals surface area contributed by atoms with E-state index in [1.807, 2.05) is 6.92 Å². The number of nitrogens with one attached hydrogen (secondary N) is 1. The van der Waals surface area contributed by atoms with Crippen molar-refractivity contribution in [1.82, 2.24) is 25.0 Å². The molecule has 0 saturated carbocycles. The van der Waals surface area contributed by atoms with Crippen LogP contribution >= 0.6 is 11.3 Å². The highest BCUT2D eigenvalue weighted by molar-refractivity contribution is 7.20. The van der Waals surface area contributed by atoms with E-state index in [9.17, 15) is 9.59 Å². The number of rotatable bonds is 5. The average Bonchev–Trinajstić information content (AvgIpc) is 3.13. The fourth-order valence-electron chi connectivity index (χ4n) is 3.59. The molecule has 28 heavy (non-hydrogen) atoms. The van der Waals surface area contributed by atoms with E-state index in [1.54, 1.807) is 11.5 Å². The maximum Gasteiger partial charge on any atom is 0.262 e. The van der Waals surface area contributed by atoms with Gasteiger partial charge in [0.15, 0.2) is 5.82 Å². The standard InChI is InChI=1S/C19H23N5O3S/c1-11-15-18(22-13-7-4-3-5-10-24(13)19(15)26)28-16(11)17(25)20-9-6-8-14-21-12(2)23-27-14/h3-10H2,1-2H3,(H,20,25). The largest absolute Gasteiger partial charge is 0.351 e. The van der Waals surface area contributed by atoms with Gasteiger partial charge in [0.2, 0.25) is 5.89 Å². The Hall–Kier alpha value is -2.55. The molecule has 0 bridgehead atoms. The van der Waals surface area contributed by atoms with Crippen molar-refractivity contribution in [1.29, 1.82) is 0 Å². The van der Waals surface area contributed by atoms with Crippen LogP contribution in [0.1, 0.15) is 58.5 Å². The number of nitrogens with zero attached hydrogens (tertiary/aromatic N) is 4. The molecule has 1 amide bonds. The number of aromatic nitrogens is 4. The van der Waals surface area contributed by atoms with Gasteiger partial charge in [0, 0.05) is 25.9 Å². The van der Waals surface area contributed by atoms with Gasteiger partial charge in [-0.3, -0.25) is 14.2 Å². The first-order valence-corrected chi connectivity index (χ1v) is 10.5. The van der Waals surface area contributed by atoms with E-state index in [-0.39, 0.29) is 11.5 Å². The molecule has 0 unspecified atom stereocenters. The molecule has 0 aromatic carbocycles. The summed E-state index contributed by atoms with van der Waals surface area (Å²) in [7, 11) is 0. The highest BCUT2D eigenvalue weighted by Crippen LogP contribution is 2.28. The number of thiophene rings is 1. The second-order valence-corrected chi connectivity index (χ2v) is 8.13. The minimum absolute atomic E-state index is 0.0125. The smallest absolute Gasteiger partial charge is 0.262 e. The number of fused-ring (bicyclic) bond motifs is 2. The van der Waals surface area contributed by atoms with Crippen LogP contribution in [0.3, 0.4) is 0 Å². The highest BCUT2D eigenvalue weighted by Gasteiger charge is 2.22. The van der Waals surface area contributed by atoms with E-state index in [4.69, 9.17) is 9.51 Å². The normalized spacial score (nSPS) is 14.1. The minimum atomic E-state index is -0.165. The molecule has 4 heterocycles. The Bertz CT molecular complexity index is 1080.